The number of hydrogen-bond acceptors (Lipinski definition) is 0. The van der Waals surface area contributed by atoms with E-state index in [1.54, 1.807) is 0 Å². The fourth-order valence-corrected chi connectivity index (χ4v) is 34.2. The van der Waals surface area contributed by atoms with Crippen molar-refractivity contribution in [1.29, 1.82) is 0 Å². The van der Waals surface area contributed by atoms with Crippen molar-refractivity contribution < 1.29 is 0 Å². The predicted octanol–water partition coefficient (Wildman–Crippen LogP) is 5.61. The second-order valence-electron chi connectivity index (χ2n) is 1.10. The molecule has 0 aliphatic heterocycles. The lowest BCUT2D eigenvalue weighted by atomic mass is 28.9. The zero-order valence-corrected chi connectivity index (χ0v) is 13.6. The molecule has 0 aromatic rings. The molecule has 0 radical (unpaired) electrons. The van der Waals surface area contributed by atoms with Crippen molar-refractivity contribution in [2.75, 3.05) is 0 Å². The van der Waals surface area contributed by atoms with Gasteiger partial charge in [0.05, 0.1) is 0 Å². The number of hydrogen-bond donors (Lipinski definition) is 0. The highest BCUT2D eigenvalue weighted by atomic mass is 33.1. The molecule has 9 heteroatoms. The molecule has 0 aliphatic carbocycles. The van der Waals surface area contributed by atoms with Gasteiger partial charge in [0.2, 0.25) is 0 Å². The van der Waals surface area contributed by atoms with Gasteiger partial charge in [0.1, 0.15) is 0 Å². The lowest BCUT2D eigenvalue weighted by molar-refractivity contribution is 4.80. The van der Waals surface area contributed by atoms with Crippen LogP contribution in [0.2, 0.25) is 0 Å². The molecule has 0 nitrogen and oxygen atoms in total. The second-order valence-corrected chi connectivity index (χ2v) is 29.8. The smallest absolute Gasteiger partial charge is 0.138 e. The minimum atomic E-state index is -0.0164. The standard InChI is InChI=1S/H8P9/c1-7(2)6-9(5)8(3)4/h3,5H,1-2,4H2/q-3. The Hall–Kier alpha value is 3.87. The molecule has 0 rings (SSSR count). The predicted molar refractivity (Wildman–Crippen MR) is 73.4 cm³/mol. The summed E-state index contributed by atoms with van der Waals surface area (Å²) in [7, 11) is 17.3. The van der Waals surface area contributed by atoms with Crippen LogP contribution < -0.4 is 0 Å². The van der Waals surface area contributed by atoms with Crippen molar-refractivity contribution in [2.24, 2.45) is 0 Å². The van der Waals surface area contributed by atoms with Gasteiger partial charge in [-0.3, -0.25) is 6.99 Å². The molecule has 0 spiro atoms. The van der Waals surface area contributed by atoms with Gasteiger partial charge in [-0.05, 0) is 0 Å². The molecule has 0 bridgehead atoms. The Morgan fingerprint density at radius 1 is 1.11 bits per heavy atom. The average molecular weight is 287 g/mol. The molecule has 0 fully saturated rings. The van der Waals surface area contributed by atoms with Gasteiger partial charge in [-0.2, -0.15) is 0 Å². The summed E-state index contributed by atoms with van der Waals surface area (Å²) < 4.78 is 0. The molecule has 0 aromatic heterocycles. The van der Waals surface area contributed by atoms with E-state index in [1.807, 2.05) is 0 Å². The van der Waals surface area contributed by atoms with Crippen LogP contribution in [-0.2, 0) is 0 Å². The highest BCUT2D eigenvalue weighted by Crippen LogP contribution is 2.98. The summed E-state index contributed by atoms with van der Waals surface area (Å²) in [6, 6.07) is 0. The SMILES string of the molecule is [PH-]P(P)P([PH-])[P-]P(P)P. The summed E-state index contributed by atoms with van der Waals surface area (Å²) in [5.74, 6) is 0. The van der Waals surface area contributed by atoms with E-state index in [0.717, 1.165) is 0 Å². The lowest BCUT2D eigenvalue weighted by Crippen LogP contribution is -1.25. The normalized spacial score (nSPS) is 19.3. The zero-order chi connectivity index (χ0) is 7.44. The summed E-state index contributed by atoms with van der Waals surface area (Å²) in [5, 5.41) is 0. The first kappa shape index (κ1) is 12.9. The van der Waals surface area contributed by atoms with E-state index in [-0.39, 0.29) is 21.0 Å². The van der Waals surface area contributed by atoms with Crippen molar-refractivity contribution in [3.63, 3.8) is 0 Å². The molecular weight excluding hydrogens is 279 g/mol. The van der Waals surface area contributed by atoms with E-state index in [0.29, 0.717) is 0 Å². The fraction of sp³-hybridized carbons (Fsp3) is 0. The minimum absolute atomic E-state index is 0.0164. The van der Waals surface area contributed by atoms with Crippen molar-refractivity contribution in [1.82, 2.24) is 0 Å². The van der Waals surface area contributed by atoms with Gasteiger partial charge in [-0.25, -0.2) is 6.99 Å². The third kappa shape index (κ3) is 8.21. The Labute approximate surface area is 73.6 Å². The summed E-state index contributed by atoms with van der Waals surface area (Å²) >= 11 is 0. The first-order valence-electron chi connectivity index (χ1n) is 1.82. The Bertz CT molecular complexity index is 62.4. The Balaban J connectivity index is 3.38. The quantitative estimate of drug-likeness (QED) is 0.592. The van der Waals surface area contributed by atoms with E-state index in [9.17, 15) is 0 Å². The van der Waals surface area contributed by atoms with E-state index in [1.165, 1.54) is 7.96 Å². The van der Waals surface area contributed by atoms with Crippen LogP contribution in [0.4, 0.5) is 0 Å². The minimum Gasteiger partial charge on any atom is -0.555 e. The maximum absolute atomic E-state index is 3.69. The average Bonchev–Trinajstić information content (AvgIpc) is 1.63. The summed E-state index contributed by atoms with van der Waals surface area (Å²) in [6.07, 6.45) is 0. The molecular formula is H8P9-3. The van der Waals surface area contributed by atoms with Crippen LogP contribution in [0.5, 0.6) is 0 Å². The van der Waals surface area contributed by atoms with Crippen molar-refractivity contribution >= 4 is 73.6 Å². The van der Waals surface area contributed by atoms with E-state index < -0.39 is 0 Å². The highest BCUT2D eigenvalue weighted by molar-refractivity contribution is 9.04. The molecule has 0 aromatic carbocycles. The van der Waals surface area contributed by atoms with Gasteiger partial charge in [0.25, 0.3) is 0 Å². The fourth-order valence-electron chi connectivity index (χ4n) is 0.141. The lowest BCUT2D eigenvalue weighted by Gasteiger charge is -2.50. The van der Waals surface area contributed by atoms with Gasteiger partial charge in [0, 0.05) is 0 Å². The Kier molecular flexibility index (Phi) is 10.4. The van der Waals surface area contributed by atoms with Gasteiger partial charge in [-0.15, -0.1) is 26.8 Å². The molecule has 5 atom stereocenters. The molecule has 0 saturated heterocycles. The third-order valence-electron chi connectivity index (χ3n) is 0.392. The molecule has 0 aliphatic rings. The van der Waals surface area contributed by atoms with Gasteiger partial charge >= 0.3 is 0 Å². The van der Waals surface area contributed by atoms with Crippen LogP contribution in [0.25, 0.3) is 0 Å². The van der Waals surface area contributed by atoms with Crippen LogP contribution in [0.1, 0.15) is 0 Å². The molecule has 0 saturated carbocycles. The third-order valence-corrected chi connectivity index (χ3v) is 31.8. The van der Waals surface area contributed by atoms with Crippen molar-refractivity contribution in [3.8, 4) is 0 Å². The Morgan fingerprint density at radius 2 is 1.56 bits per heavy atom. The zero-order valence-electron chi connectivity index (χ0n) is 4.52. The van der Waals surface area contributed by atoms with Gasteiger partial charge in [0.15, 0.2) is 0 Å². The maximum Gasteiger partial charge on any atom is -0.138 e. The highest BCUT2D eigenvalue weighted by Gasteiger charge is 1.77. The molecule has 0 N–H and O–H groups in total. The summed E-state index contributed by atoms with van der Waals surface area (Å²) in [5.41, 5.74) is 0. The van der Waals surface area contributed by atoms with Crippen LogP contribution in [0.15, 0.2) is 0 Å². The van der Waals surface area contributed by atoms with E-state index in [2.05, 4.69) is 44.6 Å². The summed E-state index contributed by atoms with van der Waals surface area (Å²) in [4.78, 5) is 0. The van der Waals surface area contributed by atoms with Crippen molar-refractivity contribution in [3.05, 3.63) is 0 Å². The molecule has 5 unspecified atom stereocenters. The van der Waals surface area contributed by atoms with Crippen LogP contribution in [0, 0.1) is 0 Å². The first-order chi connectivity index (χ1) is 4.04. The van der Waals surface area contributed by atoms with Crippen LogP contribution >= 0.6 is 73.6 Å². The summed E-state index contributed by atoms with van der Waals surface area (Å²) in [6.45, 7) is 0.0961. The number of rotatable bonds is 3. The van der Waals surface area contributed by atoms with Gasteiger partial charge < -0.3 is 32.8 Å². The molecule has 0 amide bonds. The maximum atomic E-state index is 3.69. The topological polar surface area (TPSA) is 0 Å². The largest absolute Gasteiger partial charge is 0.555 e. The van der Waals surface area contributed by atoms with Crippen molar-refractivity contribution in [2.45, 2.75) is 0 Å². The molecule has 9 heavy (non-hydrogen) atoms. The second kappa shape index (κ2) is 7.29. The monoisotopic (exact) mass is 287 g/mol. The first-order valence-corrected chi connectivity index (χ1v) is 16.4. The van der Waals surface area contributed by atoms with E-state index >= 15 is 0 Å². The van der Waals surface area contributed by atoms with Crippen LogP contribution in [-0.4, -0.2) is 0 Å². The van der Waals surface area contributed by atoms with Gasteiger partial charge in [-0.1, -0.05) is 0 Å². The molecule has 0 heterocycles. The Morgan fingerprint density at radius 3 is 1.67 bits per heavy atom. The molecule has 56 valence electrons. The van der Waals surface area contributed by atoms with Crippen LogP contribution in [0.3, 0.4) is 0 Å². The van der Waals surface area contributed by atoms with E-state index in [4.69, 9.17) is 0 Å².